The Bertz CT molecular complexity index is 1040. The molecule has 2 aliphatic rings. The van der Waals surface area contributed by atoms with E-state index in [2.05, 4.69) is 17.4 Å². The van der Waals surface area contributed by atoms with Crippen LogP contribution in [-0.4, -0.2) is 55.5 Å². The standard InChI is InChI=1S/C26H30N2O5/c1-3-33-20-7-5-19(6-8-20)26(11-14-32-15-12-26)17-27-23(29)10-13-28-24(30)21-9-4-18(2)16-22(21)25(28)31/h4-9,16H,3,10-15,17H2,1-2H3,(H,27,29). The van der Waals surface area contributed by atoms with Gasteiger partial charge in [-0.25, -0.2) is 0 Å². The van der Waals surface area contributed by atoms with Crippen molar-refractivity contribution < 1.29 is 23.9 Å². The van der Waals surface area contributed by atoms with Gasteiger partial charge < -0.3 is 14.8 Å². The lowest BCUT2D eigenvalue weighted by molar-refractivity contribution is -0.121. The summed E-state index contributed by atoms with van der Waals surface area (Å²) in [5.41, 5.74) is 2.67. The summed E-state index contributed by atoms with van der Waals surface area (Å²) in [6, 6.07) is 13.3. The number of carbonyl (C=O) groups is 3. The Morgan fingerprint density at radius 2 is 1.76 bits per heavy atom. The number of nitrogens with one attached hydrogen (secondary N) is 1. The van der Waals surface area contributed by atoms with E-state index in [1.165, 1.54) is 4.90 Å². The van der Waals surface area contributed by atoms with Crippen LogP contribution >= 0.6 is 0 Å². The maximum Gasteiger partial charge on any atom is 0.261 e. The number of imide groups is 1. The van der Waals surface area contributed by atoms with Crippen molar-refractivity contribution in [3.63, 3.8) is 0 Å². The van der Waals surface area contributed by atoms with Crippen molar-refractivity contribution in [3.8, 4) is 5.75 Å². The Labute approximate surface area is 194 Å². The van der Waals surface area contributed by atoms with E-state index in [0.717, 1.165) is 29.7 Å². The molecular weight excluding hydrogens is 420 g/mol. The lowest BCUT2D eigenvalue weighted by Crippen LogP contribution is -2.45. The van der Waals surface area contributed by atoms with Crippen LogP contribution in [-0.2, 0) is 14.9 Å². The number of rotatable bonds is 8. The van der Waals surface area contributed by atoms with E-state index >= 15 is 0 Å². The summed E-state index contributed by atoms with van der Waals surface area (Å²) >= 11 is 0. The Morgan fingerprint density at radius 1 is 1.06 bits per heavy atom. The van der Waals surface area contributed by atoms with Gasteiger partial charge in [-0.05, 0) is 56.5 Å². The smallest absolute Gasteiger partial charge is 0.261 e. The third-order valence-corrected chi connectivity index (χ3v) is 6.54. The van der Waals surface area contributed by atoms with Gasteiger partial charge in [0.2, 0.25) is 5.91 Å². The van der Waals surface area contributed by atoms with Crippen molar-refractivity contribution in [2.24, 2.45) is 0 Å². The second kappa shape index (κ2) is 9.75. The first-order chi connectivity index (χ1) is 15.9. The van der Waals surface area contributed by atoms with Crippen molar-refractivity contribution in [3.05, 3.63) is 64.7 Å². The second-order valence-corrected chi connectivity index (χ2v) is 8.69. The third kappa shape index (κ3) is 4.78. The van der Waals surface area contributed by atoms with Crippen molar-refractivity contribution >= 4 is 17.7 Å². The van der Waals surface area contributed by atoms with E-state index in [0.29, 0.717) is 37.5 Å². The molecule has 0 bridgehead atoms. The molecule has 174 valence electrons. The highest BCUT2D eigenvalue weighted by molar-refractivity contribution is 6.21. The lowest BCUT2D eigenvalue weighted by atomic mass is 9.74. The molecule has 4 rings (SSSR count). The molecule has 1 saturated heterocycles. The zero-order valence-electron chi connectivity index (χ0n) is 19.2. The monoisotopic (exact) mass is 450 g/mol. The fraction of sp³-hybridized carbons (Fsp3) is 0.423. The first-order valence-electron chi connectivity index (χ1n) is 11.5. The number of hydrogen-bond acceptors (Lipinski definition) is 5. The van der Waals surface area contributed by atoms with Gasteiger partial charge in [0.25, 0.3) is 11.8 Å². The van der Waals surface area contributed by atoms with Gasteiger partial charge in [-0.15, -0.1) is 0 Å². The van der Waals surface area contributed by atoms with Crippen molar-refractivity contribution in [1.82, 2.24) is 10.2 Å². The molecule has 7 nitrogen and oxygen atoms in total. The Morgan fingerprint density at radius 3 is 2.45 bits per heavy atom. The van der Waals surface area contributed by atoms with Crippen LogP contribution in [0.3, 0.4) is 0 Å². The molecule has 0 aromatic heterocycles. The minimum atomic E-state index is -0.335. The number of nitrogens with zero attached hydrogens (tertiary/aromatic N) is 1. The number of ether oxygens (including phenoxy) is 2. The number of amides is 3. The zero-order chi connectivity index (χ0) is 23.4. The van der Waals surface area contributed by atoms with Crippen molar-refractivity contribution in [2.45, 2.75) is 38.5 Å². The summed E-state index contributed by atoms with van der Waals surface area (Å²) in [6.45, 7) is 6.26. The van der Waals surface area contributed by atoms with Crippen LogP contribution in [0.5, 0.6) is 5.75 Å². The molecule has 2 aromatic carbocycles. The van der Waals surface area contributed by atoms with Crippen LogP contribution in [0.15, 0.2) is 42.5 Å². The van der Waals surface area contributed by atoms with E-state index in [1.807, 2.05) is 32.0 Å². The van der Waals surface area contributed by atoms with Crippen LogP contribution in [0.2, 0.25) is 0 Å². The van der Waals surface area contributed by atoms with Crippen LogP contribution in [0.1, 0.15) is 58.0 Å². The first-order valence-corrected chi connectivity index (χ1v) is 11.5. The number of aryl methyl sites for hydroxylation is 1. The molecule has 0 saturated carbocycles. The second-order valence-electron chi connectivity index (χ2n) is 8.69. The Balaban J connectivity index is 1.37. The van der Waals surface area contributed by atoms with E-state index in [1.54, 1.807) is 12.1 Å². The fourth-order valence-corrected chi connectivity index (χ4v) is 4.58. The van der Waals surface area contributed by atoms with Gasteiger partial charge in [-0.2, -0.15) is 0 Å². The van der Waals surface area contributed by atoms with Crippen molar-refractivity contribution in [2.75, 3.05) is 32.9 Å². The van der Waals surface area contributed by atoms with Gasteiger partial charge in [0.1, 0.15) is 5.75 Å². The maximum absolute atomic E-state index is 12.7. The molecule has 1 fully saturated rings. The van der Waals surface area contributed by atoms with Crippen LogP contribution in [0, 0.1) is 6.92 Å². The molecule has 7 heteroatoms. The fourth-order valence-electron chi connectivity index (χ4n) is 4.58. The highest BCUT2D eigenvalue weighted by atomic mass is 16.5. The topological polar surface area (TPSA) is 84.9 Å². The predicted octanol–water partition coefficient (Wildman–Crippen LogP) is 3.24. The number of hydrogen-bond donors (Lipinski definition) is 1. The summed E-state index contributed by atoms with van der Waals surface area (Å²) < 4.78 is 11.1. The number of benzene rings is 2. The molecule has 0 unspecified atom stereocenters. The summed E-state index contributed by atoms with van der Waals surface area (Å²) in [5.74, 6) is -0.0250. The highest BCUT2D eigenvalue weighted by Gasteiger charge is 2.37. The van der Waals surface area contributed by atoms with Crippen LogP contribution in [0.25, 0.3) is 0 Å². The average Bonchev–Trinajstić information content (AvgIpc) is 3.06. The van der Waals surface area contributed by atoms with E-state index in [-0.39, 0.29) is 36.1 Å². The molecule has 0 aliphatic carbocycles. The normalized spacial score (nSPS) is 17.1. The Kier molecular flexibility index (Phi) is 6.79. The molecular formula is C26H30N2O5. The van der Waals surface area contributed by atoms with Crippen LogP contribution in [0.4, 0.5) is 0 Å². The SMILES string of the molecule is CCOc1ccc(C2(CNC(=O)CCN3C(=O)c4ccc(C)cc4C3=O)CCOCC2)cc1. The maximum atomic E-state index is 12.7. The van der Waals surface area contributed by atoms with Gasteiger partial charge in [-0.1, -0.05) is 23.8 Å². The molecule has 0 radical (unpaired) electrons. The van der Waals surface area contributed by atoms with Gasteiger partial charge in [0.15, 0.2) is 0 Å². The van der Waals surface area contributed by atoms with E-state index in [9.17, 15) is 14.4 Å². The number of fused-ring (bicyclic) bond motifs is 1. The summed E-state index contributed by atoms with van der Waals surface area (Å²) in [7, 11) is 0. The lowest BCUT2D eigenvalue weighted by Gasteiger charge is -2.38. The first kappa shape index (κ1) is 23.0. The van der Waals surface area contributed by atoms with Gasteiger partial charge in [-0.3, -0.25) is 19.3 Å². The van der Waals surface area contributed by atoms with Crippen LogP contribution < -0.4 is 10.1 Å². The molecule has 2 aliphatic heterocycles. The van der Waals surface area contributed by atoms with Gasteiger partial charge in [0.05, 0.1) is 17.7 Å². The third-order valence-electron chi connectivity index (χ3n) is 6.54. The quantitative estimate of drug-likeness (QED) is 0.624. The summed E-state index contributed by atoms with van der Waals surface area (Å²) in [4.78, 5) is 39.1. The van der Waals surface area contributed by atoms with E-state index in [4.69, 9.17) is 9.47 Å². The molecule has 2 aromatic rings. The summed E-state index contributed by atoms with van der Waals surface area (Å²) in [5, 5.41) is 3.04. The highest BCUT2D eigenvalue weighted by Crippen LogP contribution is 2.35. The molecule has 2 heterocycles. The summed E-state index contributed by atoms with van der Waals surface area (Å²) in [6.07, 6.45) is 1.68. The molecule has 33 heavy (non-hydrogen) atoms. The largest absolute Gasteiger partial charge is 0.494 e. The molecule has 3 amide bonds. The average molecular weight is 451 g/mol. The minimum absolute atomic E-state index is 0.0659. The van der Waals surface area contributed by atoms with E-state index < -0.39 is 0 Å². The molecule has 0 spiro atoms. The van der Waals surface area contributed by atoms with Gasteiger partial charge in [0, 0.05) is 38.1 Å². The molecule has 0 atom stereocenters. The predicted molar refractivity (Wildman–Crippen MR) is 124 cm³/mol. The Hall–Kier alpha value is -3.19. The molecule has 1 N–H and O–H groups in total. The minimum Gasteiger partial charge on any atom is -0.494 e. The van der Waals surface area contributed by atoms with Crippen molar-refractivity contribution in [1.29, 1.82) is 0 Å². The number of carbonyl (C=O) groups excluding carboxylic acids is 3. The zero-order valence-corrected chi connectivity index (χ0v) is 19.2. The van der Waals surface area contributed by atoms with Gasteiger partial charge >= 0.3 is 0 Å².